The van der Waals surface area contributed by atoms with Gasteiger partial charge in [0.1, 0.15) is 11.6 Å². The Hall–Kier alpha value is -2.40. The lowest BCUT2D eigenvalue weighted by Gasteiger charge is -2.21. The smallest absolute Gasteiger partial charge is 0.241 e. The van der Waals surface area contributed by atoms with Crippen molar-refractivity contribution in [3.63, 3.8) is 0 Å². The van der Waals surface area contributed by atoms with Crippen LogP contribution < -0.4 is 15.4 Å². The molecule has 0 bridgehead atoms. The number of methoxy groups -OCH3 is 1. The Morgan fingerprint density at radius 3 is 2.43 bits per heavy atom. The molecule has 0 heterocycles. The van der Waals surface area contributed by atoms with Crippen LogP contribution in [0.5, 0.6) is 5.75 Å². The van der Waals surface area contributed by atoms with Crippen molar-refractivity contribution in [2.24, 2.45) is 0 Å². The van der Waals surface area contributed by atoms with Crippen molar-refractivity contribution >= 4 is 11.6 Å². The molecular weight excluding hydrogens is 295 g/mol. The van der Waals surface area contributed by atoms with Crippen LogP contribution in [0.2, 0.25) is 0 Å². The summed E-state index contributed by atoms with van der Waals surface area (Å²) in [4.78, 5) is 12.2. The summed E-state index contributed by atoms with van der Waals surface area (Å²) < 4.78 is 18.9. The van der Waals surface area contributed by atoms with Crippen LogP contribution >= 0.6 is 0 Å². The molecule has 23 heavy (non-hydrogen) atoms. The molecule has 4 nitrogen and oxygen atoms in total. The number of carbonyl (C=O) groups is 1. The van der Waals surface area contributed by atoms with Gasteiger partial charge in [0.05, 0.1) is 18.8 Å². The summed E-state index contributed by atoms with van der Waals surface area (Å²) in [6, 6.07) is 13.1. The van der Waals surface area contributed by atoms with Crippen LogP contribution in [0.1, 0.15) is 25.5 Å². The van der Waals surface area contributed by atoms with E-state index in [1.807, 2.05) is 31.2 Å². The normalized spacial score (nSPS) is 13.2. The minimum atomic E-state index is -0.491. The number of carbonyl (C=O) groups excluding carboxylic acids is 1. The van der Waals surface area contributed by atoms with Gasteiger partial charge >= 0.3 is 0 Å². The standard InChI is InChI=1S/C18H21FN2O2/c1-12(14-8-4-7-11-17(14)23-3)20-13(2)18(22)21-16-10-6-5-9-15(16)19/h4-13,20H,1-3H3,(H,21,22)/t12-,13+/m1/s1. The molecule has 0 radical (unpaired) electrons. The molecule has 0 fully saturated rings. The number of benzene rings is 2. The summed E-state index contributed by atoms with van der Waals surface area (Å²) >= 11 is 0. The Morgan fingerprint density at radius 2 is 1.74 bits per heavy atom. The maximum Gasteiger partial charge on any atom is 0.241 e. The number of hydrogen-bond acceptors (Lipinski definition) is 3. The molecular formula is C18H21FN2O2. The zero-order valence-corrected chi connectivity index (χ0v) is 13.5. The molecule has 0 spiro atoms. The van der Waals surface area contributed by atoms with Gasteiger partial charge in [-0.25, -0.2) is 4.39 Å². The second-order valence-corrected chi connectivity index (χ2v) is 5.32. The highest BCUT2D eigenvalue weighted by Gasteiger charge is 2.19. The summed E-state index contributed by atoms with van der Waals surface area (Å²) in [5.41, 5.74) is 1.14. The highest BCUT2D eigenvalue weighted by atomic mass is 19.1. The number of rotatable bonds is 6. The molecule has 0 unspecified atom stereocenters. The summed E-state index contributed by atoms with van der Waals surface area (Å²) in [6.07, 6.45) is 0. The molecule has 1 amide bonds. The predicted octanol–water partition coefficient (Wildman–Crippen LogP) is 3.51. The van der Waals surface area contributed by atoms with E-state index in [1.54, 1.807) is 26.2 Å². The van der Waals surface area contributed by atoms with E-state index in [1.165, 1.54) is 12.1 Å². The lowest BCUT2D eigenvalue weighted by molar-refractivity contribution is -0.118. The van der Waals surface area contributed by atoms with E-state index in [2.05, 4.69) is 10.6 Å². The Morgan fingerprint density at radius 1 is 1.09 bits per heavy atom. The predicted molar refractivity (Wildman–Crippen MR) is 89.0 cm³/mol. The zero-order valence-electron chi connectivity index (χ0n) is 13.5. The number of nitrogens with one attached hydrogen (secondary N) is 2. The van der Waals surface area contributed by atoms with Gasteiger partial charge in [-0.15, -0.1) is 0 Å². The van der Waals surface area contributed by atoms with Gasteiger partial charge in [0, 0.05) is 11.6 Å². The lowest BCUT2D eigenvalue weighted by atomic mass is 10.1. The second kappa shape index (κ2) is 7.74. The van der Waals surface area contributed by atoms with Crippen molar-refractivity contribution in [1.29, 1.82) is 0 Å². The molecule has 2 rings (SSSR count). The molecule has 0 aliphatic carbocycles. The Labute approximate surface area is 135 Å². The average Bonchev–Trinajstić information content (AvgIpc) is 2.56. The van der Waals surface area contributed by atoms with E-state index in [4.69, 9.17) is 4.74 Å². The maximum absolute atomic E-state index is 13.6. The molecule has 0 aromatic heterocycles. The van der Waals surface area contributed by atoms with Crippen LogP contribution in [-0.4, -0.2) is 19.1 Å². The fourth-order valence-corrected chi connectivity index (χ4v) is 2.37. The van der Waals surface area contributed by atoms with Gasteiger partial charge in [-0.3, -0.25) is 10.1 Å². The first-order chi connectivity index (χ1) is 11.0. The second-order valence-electron chi connectivity index (χ2n) is 5.32. The van der Waals surface area contributed by atoms with Gasteiger partial charge in [-0.05, 0) is 32.0 Å². The number of ether oxygens (including phenoxy) is 1. The first-order valence-corrected chi connectivity index (χ1v) is 7.47. The van der Waals surface area contributed by atoms with Gasteiger partial charge in [0.2, 0.25) is 5.91 Å². The molecule has 2 atom stereocenters. The minimum Gasteiger partial charge on any atom is -0.496 e. The van der Waals surface area contributed by atoms with Crippen molar-refractivity contribution < 1.29 is 13.9 Å². The van der Waals surface area contributed by atoms with Gasteiger partial charge in [-0.1, -0.05) is 30.3 Å². The van der Waals surface area contributed by atoms with Gasteiger partial charge in [0.25, 0.3) is 0 Å². The fourth-order valence-electron chi connectivity index (χ4n) is 2.37. The first kappa shape index (κ1) is 17.0. The van der Waals surface area contributed by atoms with Crippen molar-refractivity contribution in [2.75, 3.05) is 12.4 Å². The third-order valence-electron chi connectivity index (χ3n) is 3.63. The Bertz CT molecular complexity index is 676. The number of para-hydroxylation sites is 2. The average molecular weight is 316 g/mol. The van der Waals surface area contributed by atoms with E-state index < -0.39 is 11.9 Å². The largest absolute Gasteiger partial charge is 0.496 e. The molecule has 2 N–H and O–H groups in total. The van der Waals surface area contributed by atoms with Gasteiger partial charge in [0.15, 0.2) is 0 Å². The molecule has 0 aliphatic heterocycles. The molecule has 2 aromatic carbocycles. The molecule has 0 saturated heterocycles. The third kappa shape index (κ3) is 4.29. The van der Waals surface area contributed by atoms with Crippen molar-refractivity contribution in [3.05, 3.63) is 59.9 Å². The third-order valence-corrected chi connectivity index (χ3v) is 3.63. The van der Waals surface area contributed by atoms with Crippen LogP contribution in [0.3, 0.4) is 0 Å². The number of hydrogen-bond donors (Lipinski definition) is 2. The van der Waals surface area contributed by atoms with Crippen LogP contribution in [0.4, 0.5) is 10.1 Å². The van der Waals surface area contributed by atoms with Gasteiger partial charge in [-0.2, -0.15) is 0 Å². The van der Waals surface area contributed by atoms with Crippen LogP contribution in [0.15, 0.2) is 48.5 Å². The highest BCUT2D eigenvalue weighted by molar-refractivity contribution is 5.94. The lowest BCUT2D eigenvalue weighted by Crippen LogP contribution is -2.39. The van der Waals surface area contributed by atoms with E-state index in [0.717, 1.165) is 11.3 Å². The van der Waals surface area contributed by atoms with Crippen molar-refractivity contribution in [2.45, 2.75) is 25.9 Å². The quantitative estimate of drug-likeness (QED) is 0.857. The molecule has 0 saturated carbocycles. The van der Waals surface area contributed by atoms with Crippen LogP contribution in [0, 0.1) is 5.82 Å². The van der Waals surface area contributed by atoms with Crippen molar-refractivity contribution in [3.8, 4) is 5.75 Å². The molecule has 2 aromatic rings. The summed E-state index contributed by atoms with van der Waals surface area (Å²) in [6.45, 7) is 3.69. The Kier molecular flexibility index (Phi) is 5.71. The maximum atomic E-state index is 13.6. The van der Waals surface area contributed by atoms with Crippen LogP contribution in [-0.2, 0) is 4.79 Å². The highest BCUT2D eigenvalue weighted by Crippen LogP contribution is 2.24. The topological polar surface area (TPSA) is 50.4 Å². The number of halogens is 1. The summed E-state index contributed by atoms with van der Waals surface area (Å²) in [7, 11) is 1.61. The van der Waals surface area contributed by atoms with E-state index in [-0.39, 0.29) is 17.6 Å². The van der Waals surface area contributed by atoms with E-state index in [0.29, 0.717) is 0 Å². The molecule has 0 aliphatic rings. The van der Waals surface area contributed by atoms with E-state index >= 15 is 0 Å². The Balaban J connectivity index is 2.02. The minimum absolute atomic E-state index is 0.0903. The SMILES string of the molecule is COc1ccccc1[C@@H](C)N[C@@H](C)C(=O)Nc1ccccc1F. The summed E-state index contributed by atoms with van der Waals surface area (Å²) in [5, 5.41) is 5.78. The van der Waals surface area contributed by atoms with Crippen molar-refractivity contribution in [1.82, 2.24) is 5.32 Å². The monoisotopic (exact) mass is 316 g/mol. The molecule has 5 heteroatoms. The zero-order chi connectivity index (χ0) is 16.8. The molecule has 122 valence electrons. The van der Waals surface area contributed by atoms with Crippen LogP contribution in [0.25, 0.3) is 0 Å². The van der Waals surface area contributed by atoms with Gasteiger partial charge < -0.3 is 10.1 Å². The summed E-state index contributed by atoms with van der Waals surface area (Å²) in [5.74, 6) is 0.0110. The van der Waals surface area contributed by atoms with E-state index in [9.17, 15) is 9.18 Å². The number of anilines is 1. The fraction of sp³-hybridized carbons (Fsp3) is 0.278. The number of amides is 1. The first-order valence-electron chi connectivity index (χ1n) is 7.47.